The van der Waals surface area contributed by atoms with Crippen LogP contribution < -0.4 is 0 Å². The van der Waals surface area contributed by atoms with Crippen molar-refractivity contribution in [1.29, 1.82) is 0 Å². The summed E-state index contributed by atoms with van der Waals surface area (Å²) < 4.78 is 0. The smallest absolute Gasteiger partial charge is 0.336 e. The third kappa shape index (κ3) is 1.94. The molecule has 16 heavy (non-hydrogen) atoms. The predicted octanol–water partition coefficient (Wildman–Crippen LogP) is 3.71. The van der Waals surface area contributed by atoms with Gasteiger partial charge in [0.05, 0.1) is 10.9 Å². The van der Waals surface area contributed by atoms with E-state index in [1.54, 1.807) is 12.1 Å². The second-order valence-electron chi connectivity index (χ2n) is 5.09. The predicted molar refractivity (Wildman–Crippen MR) is 63.9 cm³/mol. The van der Waals surface area contributed by atoms with Gasteiger partial charge >= 0.3 is 5.97 Å². The van der Waals surface area contributed by atoms with Gasteiger partial charge in [0, 0.05) is 0 Å². The number of halogens is 1. The molecule has 0 aromatic heterocycles. The summed E-state index contributed by atoms with van der Waals surface area (Å²) in [7, 11) is 0. The van der Waals surface area contributed by atoms with Gasteiger partial charge in [-0.1, -0.05) is 32.0 Å². The Kier molecular flexibility index (Phi) is 2.70. The standard InChI is InChI=1S/C13H15ClO2/c1-13(2)7-10(13)11(14)8-5-3-4-6-9(8)12(15)16/h3-6,10-11H,7H2,1-2H3,(H,15,16). The molecule has 0 radical (unpaired) electrons. The molecule has 0 bridgehead atoms. The van der Waals surface area contributed by atoms with E-state index in [1.165, 1.54) is 0 Å². The molecule has 1 aliphatic rings. The molecular formula is C13H15ClO2. The van der Waals surface area contributed by atoms with Gasteiger partial charge < -0.3 is 5.11 Å². The van der Waals surface area contributed by atoms with Crippen LogP contribution in [0.1, 0.15) is 41.6 Å². The first kappa shape index (κ1) is 11.5. The fraction of sp³-hybridized carbons (Fsp3) is 0.462. The van der Waals surface area contributed by atoms with Crippen LogP contribution in [-0.4, -0.2) is 11.1 Å². The highest BCUT2D eigenvalue weighted by molar-refractivity contribution is 6.21. The number of carboxylic acid groups (broad SMARTS) is 1. The quantitative estimate of drug-likeness (QED) is 0.815. The fourth-order valence-electron chi connectivity index (χ4n) is 2.16. The van der Waals surface area contributed by atoms with E-state index in [9.17, 15) is 4.79 Å². The molecule has 3 heteroatoms. The Morgan fingerprint density at radius 1 is 1.50 bits per heavy atom. The summed E-state index contributed by atoms with van der Waals surface area (Å²) in [5.41, 5.74) is 1.32. The number of rotatable bonds is 3. The SMILES string of the molecule is CC1(C)CC1C(Cl)c1ccccc1C(=O)O. The van der Waals surface area contributed by atoms with Crippen molar-refractivity contribution in [2.24, 2.45) is 11.3 Å². The van der Waals surface area contributed by atoms with Crippen LogP contribution in [-0.2, 0) is 0 Å². The van der Waals surface area contributed by atoms with E-state index in [1.807, 2.05) is 12.1 Å². The molecule has 0 heterocycles. The number of hydrogen-bond donors (Lipinski definition) is 1. The van der Waals surface area contributed by atoms with Gasteiger partial charge in [-0.15, -0.1) is 11.6 Å². The lowest BCUT2D eigenvalue weighted by atomic mass is 9.98. The van der Waals surface area contributed by atoms with E-state index in [4.69, 9.17) is 16.7 Å². The highest BCUT2D eigenvalue weighted by atomic mass is 35.5. The zero-order chi connectivity index (χ0) is 11.9. The molecule has 2 unspecified atom stereocenters. The van der Waals surface area contributed by atoms with E-state index in [0.717, 1.165) is 12.0 Å². The molecule has 1 aliphatic carbocycles. The number of alkyl halides is 1. The topological polar surface area (TPSA) is 37.3 Å². The van der Waals surface area contributed by atoms with Crippen LogP contribution in [0.3, 0.4) is 0 Å². The van der Waals surface area contributed by atoms with E-state index in [-0.39, 0.29) is 10.8 Å². The minimum atomic E-state index is -0.903. The normalized spacial score (nSPS) is 23.8. The Morgan fingerprint density at radius 3 is 2.56 bits per heavy atom. The van der Waals surface area contributed by atoms with Gasteiger partial charge in [-0.05, 0) is 29.4 Å². The van der Waals surface area contributed by atoms with Crippen molar-refractivity contribution in [2.75, 3.05) is 0 Å². The minimum absolute atomic E-state index is 0.192. The maximum Gasteiger partial charge on any atom is 0.336 e. The molecule has 0 saturated heterocycles. The molecule has 0 aliphatic heterocycles. The molecule has 1 saturated carbocycles. The molecule has 1 fully saturated rings. The lowest BCUT2D eigenvalue weighted by molar-refractivity contribution is 0.0695. The number of carboxylic acids is 1. The average Bonchev–Trinajstić information content (AvgIpc) is 2.86. The van der Waals surface area contributed by atoms with Crippen molar-refractivity contribution in [3.8, 4) is 0 Å². The molecule has 0 spiro atoms. The van der Waals surface area contributed by atoms with Crippen molar-refractivity contribution >= 4 is 17.6 Å². The first-order valence-corrected chi connectivity index (χ1v) is 5.83. The van der Waals surface area contributed by atoms with Gasteiger partial charge in [0.25, 0.3) is 0 Å². The van der Waals surface area contributed by atoms with Crippen LogP contribution in [0.5, 0.6) is 0 Å². The molecule has 1 aromatic carbocycles. The van der Waals surface area contributed by atoms with Gasteiger partial charge in [-0.3, -0.25) is 0 Å². The molecule has 86 valence electrons. The largest absolute Gasteiger partial charge is 0.478 e. The molecule has 0 amide bonds. The third-order valence-corrected chi connectivity index (χ3v) is 3.97. The Hall–Kier alpha value is -1.02. The Balaban J connectivity index is 2.30. The lowest BCUT2D eigenvalue weighted by Crippen LogP contribution is -2.07. The minimum Gasteiger partial charge on any atom is -0.478 e. The summed E-state index contributed by atoms with van der Waals surface area (Å²) in [6, 6.07) is 7.00. The zero-order valence-electron chi connectivity index (χ0n) is 9.40. The maximum absolute atomic E-state index is 11.1. The van der Waals surface area contributed by atoms with Crippen molar-refractivity contribution in [3.63, 3.8) is 0 Å². The Morgan fingerprint density at radius 2 is 2.06 bits per heavy atom. The summed E-state index contributed by atoms with van der Waals surface area (Å²) in [5, 5.41) is 8.90. The number of aromatic carboxylic acids is 1. The highest BCUT2D eigenvalue weighted by Crippen LogP contribution is 2.60. The van der Waals surface area contributed by atoms with Crippen molar-refractivity contribution in [1.82, 2.24) is 0 Å². The molecule has 2 atom stereocenters. The van der Waals surface area contributed by atoms with E-state index in [0.29, 0.717) is 11.5 Å². The van der Waals surface area contributed by atoms with Crippen LogP contribution in [0, 0.1) is 11.3 Å². The number of benzene rings is 1. The first-order valence-electron chi connectivity index (χ1n) is 5.40. The van der Waals surface area contributed by atoms with Crippen molar-refractivity contribution in [2.45, 2.75) is 25.6 Å². The molecule has 1 aromatic rings. The summed E-state index contributed by atoms with van der Waals surface area (Å²) in [4.78, 5) is 11.1. The van der Waals surface area contributed by atoms with E-state index in [2.05, 4.69) is 13.8 Å². The first-order chi connectivity index (χ1) is 7.43. The lowest BCUT2D eigenvalue weighted by Gasteiger charge is -2.14. The average molecular weight is 239 g/mol. The highest BCUT2D eigenvalue weighted by Gasteiger charge is 2.50. The van der Waals surface area contributed by atoms with Crippen LogP contribution in [0.15, 0.2) is 24.3 Å². The van der Waals surface area contributed by atoms with E-state index >= 15 is 0 Å². The van der Waals surface area contributed by atoms with Gasteiger partial charge in [0.2, 0.25) is 0 Å². The summed E-state index contributed by atoms with van der Waals surface area (Å²) >= 11 is 6.37. The molecule has 1 N–H and O–H groups in total. The number of hydrogen-bond acceptors (Lipinski definition) is 1. The van der Waals surface area contributed by atoms with Gasteiger partial charge in [-0.2, -0.15) is 0 Å². The maximum atomic E-state index is 11.1. The summed E-state index contributed by atoms with van der Waals surface area (Å²) in [6.07, 6.45) is 1.06. The van der Waals surface area contributed by atoms with Crippen LogP contribution in [0.2, 0.25) is 0 Å². The molecular weight excluding hydrogens is 224 g/mol. The molecule has 2 rings (SSSR count). The zero-order valence-corrected chi connectivity index (χ0v) is 10.2. The second kappa shape index (κ2) is 3.77. The van der Waals surface area contributed by atoms with E-state index < -0.39 is 5.97 Å². The second-order valence-corrected chi connectivity index (χ2v) is 5.56. The van der Waals surface area contributed by atoms with Gasteiger partial charge in [0.1, 0.15) is 0 Å². The van der Waals surface area contributed by atoms with Crippen LogP contribution >= 0.6 is 11.6 Å². The summed E-state index contributed by atoms with van der Waals surface area (Å²) in [6.45, 7) is 4.33. The summed E-state index contributed by atoms with van der Waals surface area (Å²) in [5.74, 6) is -0.519. The van der Waals surface area contributed by atoms with Crippen LogP contribution in [0.4, 0.5) is 0 Å². The van der Waals surface area contributed by atoms with Gasteiger partial charge in [0.15, 0.2) is 0 Å². The Labute approximate surface area is 100 Å². The van der Waals surface area contributed by atoms with Crippen molar-refractivity contribution in [3.05, 3.63) is 35.4 Å². The van der Waals surface area contributed by atoms with Gasteiger partial charge in [-0.25, -0.2) is 4.79 Å². The number of carbonyl (C=O) groups is 1. The Bertz CT molecular complexity index is 426. The van der Waals surface area contributed by atoms with Crippen molar-refractivity contribution < 1.29 is 9.90 Å². The van der Waals surface area contributed by atoms with Crippen LogP contribution in [0.25, 0.3) is 0 Å². The molecule has 2 nitrogen and oxygen atoms in total. The monoisotopic (exact) mass is 238 g/mol. The third-order valence-electron chi connectivity index (χ3n) is 3.43. The fourth-order valence-corrected chi connectivity index (χ4v) is 2.78.